The van der Waals surface area contributed by atoms with Crippen LogP contribution in [0.5, 0.6) is 5.75 Å². The fraction of sp³-hybridized carbons (Fsp3) is 0.600. The van der Waals surface area contributed by atoms with Crippen LogP contribution in [0.1, 0.15) is 51.0 Å². The molecule has 0 spiro atoms. The summed E-state index contributed by atoms with van der Waals surface area (Å²) in [7, 11) is 0. The summed E-state index contributed by atoms with van der Waals surface area (Å²) in [6, 6.07) is 8.50. The molecule has 0 bridgehead atoms. The lowest BCUT2D eigenvalue weighted by Gasteiger charge is -2.26. The standard InChI is InChI=1S/C15H21ClO/c1-11(2)17-15-8-4-6-13(10-15)12-5-3-7-14(16)9-12/h4,6,8,10-12,14H,3,5,7,9H2,1-2H3. The highest BCUT2D eigenvalue weighted by molar-refractivity contribution is 6.20. The minimum absolute atomic E-state index is 0.234. The molecule has 1 aliphatic rings. The zero-order valence-electron chi connectivity index (χ0n) is 10.7. The van der Waals surface area contributed by atoms with E-state index in [0.717, 1.165) is 12.2 Å². The number of ether oxygens (including phenoxy) is 1. The van der Waals surface area contributed by atoms with Crippen molar-refractivity contribution in [3.05, 3.63) is 29.8 Å². The third-order valence-electron chi connectivity index (χ3n) is 3.31. The van der Waals surface area contributed by atoms with Crippen molar-refractivity contribution in [2.24, 2.45) is 0 Å². The van der Waals surface area contributed by atoms with Crippen molar-refractivity contribution in [2.45, 2.75) is 56.9 Å². The largest absolute Gasteiger partial charge is 0.491 e. The monoisotopic (exact) mass is 252 g/mol. The molecule has 0 amide bonds. The van der Waals surface area contributed by atoms with Crippen molar-refractivity contribution in [1.29, 1.82) is 0 Å². The van der Waals surface area contributed by atoms with Gasteiger partial charge >= 0.3 is 0 Å². The molecule has 2 atom stereocenters. The van der Waals surface area contributed by atoms with Crippen LogP contribution < -0.4 is 4.74 Å². The maximum absolute atomic E-state index is 6.25. The van der Waals surface area contributed by atoms with E-state index in [0.29, 0.717) is 11.3 Å². The van der Waals surface area contributed by atoms with E-state index in [1.165, 1.54) is 24.8 Å². The Morgan fingerprint density at radius 1 is 1.29 bits per heavy atom. The van der Waals surface area contributed by atoms with Crippen LogP contribution in [0.3, 0.4) is 0 Å². The molecule has 1 aromatic rings. The molecule has 2 heteroatoms. The van der Waals surface area contributed by atoms with E-state index < -0.39 is 0 Å². The molecule has 1 nitrogen and oxygen atoms in total. The lowest BCUT2D eigenvalue weighted by molar-refractivity contribution is 0.242. The first-order valence-electron chi connectivity index (χ1n) is 6.56. The van der Waals surface area contributed by atoms with E-state index in [1.807, 2.05) is 6.07 Å². The van der Waals surface area contributed by atoms with Gasteiger partial charge in [-0.05, 0) is 56.7 Å². The van der Waals surface area contributed by atoms with Crippen molar-refractivity contribution in [3.63, 3.8) is 0 Å². The Morgan fingerprint density at radius 3 is 2.82 bits per heavy atom. The number of rotatable bonds is 3. The van der Waals surface area contributed by atoms with E-state index in [1.54, 1.807) is 0 Å². The summed E-state index contributed by atoms with van der Waals surface area (Å²) in [4.78, 5) is 0. The van der Waals surface area contributed by atoms with Crippen LogP contribution >= 0.6 is 11.6 Å². The summed E-state index contributed by atoms with van der Waals surface area (Å²) in [5.74, 6) is 1.59. The Morgan fingerprint density at radius 2 is 2.12 bits per heavy atom. The summed E-state index contributed by atoms with van der Waals surface area (Å²) in [5.41, 5.74) is 1.38. The maximum Gasteiger partial charge on any atom is 0.119 e. The molecule has 0 heterocycles. The highest BCUT2D eigenvalue weighted by Gasteiger charge is 2.21. The van der Waals surface area contributed by atoms with Crippen molar-refractivity contribution >= 4 is 11.6 Å². The highest BCUT2D eigenvalue weighted by Crippen LogP contribution is 2.36. The highest BCUT2D eigenvalue weighted by atomic mass is 35.5. The Kier molecular flexibility index (Phi) is 4.33. The number of benzene rings is 1. The lowest BCUT2D eigenvalue weighted by Crippen LogP contribution is -2.14. The summed E-state index contributed by atoms with van der Waals surface area (Å²) >= 11 is 6.25. The van der Waals surface area contributed by atoms with E-state index in [4.69, 9.17) is 16.3 Å². The van der Waals surface area contributed by atoms with E-state index in [9.17, 15) is 0 Å². The molecule has 1 fully saturated rings. The molecule has 0 aliphatic heterocycles. The van der Waals surface area contributed by atoms with Gasteiger partial charge in [0.2, 0.25) is 0 Å². The van der Waals surface area contributed by atoms with Crippen LogP contribution in [0.2, 0.25) is 0 Å². The zero-order chi connectivity index (χ0) is 12.3. The SMILES string of the molecule is CC(C)Oc1cccc(C2CCCC(Cl)C2)c1. The van der Waals surface area contributed by atoms with Crippen molar-refractivity contribution < 1.29 is 4.74 Å². The Labute approximate surface area is 109 Å². The van der Waals surface area contributed by atoms with Crippen molar-refractivity contribution in [1.82, 2.24) is 0 Å². The summed E-state index contributed by atoms with van der Waals surface area (Å²) in [5, 5.41) is 0.350. The Hall–Kier alpha value is -0.690. The fourth-order valence-electron chi connectivity index (χ4n) is 2.55. The second-order valence-corrected chi connectivity index (χ2v) is 5.82. The predicted octanol–water partition coefficient (Wildman–Crippen LogP) is 4.74. The molecular formula is C15H21ClO. The van der Waals surface area contributed by atoms with Crippen LogP contribution in [0.15, 0.2) is 24.3 Å². The van der Waals surface area contributed by atoms with E-state index >= 15 is 0 Å². The van der Waals surface area contributed by atoms with E-state index in [2.05, 4.69) is 32.0 Å². The molecule has 94 valence electrons. The van der Waals surface area contributed by atoms with Gasteiger partial charge in [-0.15, -0.1) is 11.6 Å². The molecule has 1 aliphatic carbocycles. The van der Waals surface area contributed by atoms with E-state index in [-0.39, 0.29) is 6.10 Å². The number of halogens is 1. The summed E-state index contributed by atoms with van der Waals surface area (Å²) in [6.07, 6.45) is 5.01. The average molecular weight is 253 g/mol. The first-order chi connectivity index (χ1) is 8.15. The molecular weight excluding hydrogens is 232 g/mol. The predicted molar refractivity (Wildman–Crippen MR) is 73.1 cm³/mol. The first kappa shape index (κ1) is 12.8. The molecule has 1 saturated carbocycles. The number of alkyl halides is 1. The maximum atomic E-state index is 6.25. The smallest absolute Gasteiger partial charge is 0.119 e. The average Bonchev–Trinajstić information content (AvgIpc) is 2.28. The third kappa shape index (κ3) is 3.64. The molecule has 2 unspecified atom stereocenters. The third-order valence-corrected chi connectivity index (χ3v) is 3.71. The molecule has 2 rings (SSSR count). The second-order valence-electron chi connectivity index (χ2n) is 5.20. The zero-order valence-corrected chi connectivity index (χ0v) is 11.4. The molecule has 0 N–H and O–H groups in total. The van der Waals surface area contributed by atoms with Crippen molar-refractivity contribution in [3.8, 4) is 5.75 Å². The second kappa shape index (κ2) is 5.77. The molecule has 1 aromatic carbocycles. The van der Waals surface area contributed by atoms with Gasteiger partial charge in [0.05, 0.1) is 6.10 Å². The molecule has 17 heavy (non-hydrogen) atoms. The minimum atomic E-state index is 0.234. The van der Waals surface area contributed by atoms with Crippen LogP contribution in [0, 0.1) is 0 Å². The molecule has 0 aromatic heterocycles. The van der Waals surface area contributed by atoms with Gasteiger partial charge in [0, 0.05) is 5.38 Å². The van der Waals surface area contributed by atoms with Gasteiger partial charge < -0.3 is 4.74 Å². The Bertz CT molecular complexity index is 362. The van der Waals surface area contributed by atoms with Gasteiger partial charge in [-0.25, -0.2) is 0 Å². The minimum Gasteiger partial charge on any atom is -0.491 e. The first-order valence-corrected chi connectivity index (χ1v) is 6.99. The quantitative estimate of drug-likeness (QED) is 0.706. The Balaban J connectivity index is 2.09. The summed E-state index contributed by atoms with van der Waals surface area (Å²) in [6.45, 7) is 4.12. The summed E-state index contributed by atoms with van der Waals surface area (Å²) < 4.78 is 5.74. The lowest BCUT2D eigenvalue weighted by atomic mass is 9.84. The van der Waals surface area contributed by atoms with Crippen molar-refractivity contribution in [2.75, 3.05) is 0 Å². The van der Waals surface area contributed by atoms with Crippen LogP contribution in [-0.2, 0) is 0 Å². The van der Waals surface area contributed by atoms with Gasteiger partial charge in [0.1, 0.15) is 5.75 Å². The number of hydrogen-bond acceptors (Lipinski definition) is 1. The number of hydrogen-bond donors (Lipinski definition) is 0. The van der Waals surface area contributed by atoms with Gasteiger partial charge in [0.15, 0.2) is 0 Å². The van der Waals surface area contributed by atoms with Crippen LogP contribution in [-0.4, -0.2) is 11.5 Å². The van der Waals surface area contributed by atoms with Gasteiger partial charge in [-0.1, -0.05) is 18.6 Å². The van der Waals surface area contributed by atoms with Gasteiger partial charge in [0.25, 0.3) is 0 Å². The fourth-order valence-corrected chi connectivity index (χ4v) is 2.92. The van der Waals surface area contributed by atoms with Gasteiger partial charge in [-0.3, -0.25) is 0 Å². The van der Waals surface area contributed by atoms with Crippen LogP contribution in [0.4, 0.5) is 0 Å². The topological polar surface area (TPSA) is 9.23 Å². The van der Waals surface area contributed by atoms with Gasteiger partial charge in [-0.2, -0.15) is 0 Å². The molecule has 0 saturated heterocycles. The van der Waals surface area contributed by atoms with Crippen LogP contribution in [0.25, 0.3) is 0 Å². The molecule has 0 radical (unpaired) electrons. The normalized spacial score (nSPS) is 24.9.